The molecule has 4 heteroatoms. The summed E-state index contributed by atoms with van der Waals surface area (Å²) < 4.78 is 5.54. The van der Waals surface area contributed by atoms with Gasteiger partial charge >= 0.3 is 11.9 Å². The van der Waals surface area contributed by atoms with Gasteiger partial charge in [0.25, 0.3) is 0 Å². The Morgan fingerprint density at radius 3 is 2.18 bits per heavy atom. The summed E-state index contributed by atoms with van der Waals surface area (Å²) in [5, 5.41) is 8.57. The fraction of sp³-hybridized carbons (Fsp3) is 0.778. The largest absolute Gasteiger partial charge is 0.478 e. The van der Waals surface area contributed by atoms with Crippen LogP contribution in [0.25, 0.3) is 0 Å². The second-order valence-electron chi connectivity index (χ2n) is 5.81. The van der Waals surface area contributed by atoms with Crippen molar-refractivity contribution in [2.45, 2.75) is 84.7 Å². The van der Waals surface area contributed by atoms with Gasteiger partial charge in [-0.2, -0.15) is 0 Å². The molecule has 0 fully saturated rings. The number of aliphatic carboxylic acids is 1. The molecular weight excluding hydrogens is 280 g/mol. The summed E-state index contributed by atoms with van der Waals surface area (Å²) in [6.07, 6.45) is 11.5. The Morgan fingerprint density at radius 1 is 0.955 bits per heavy atom. The maximum absolute atomic E-state index is 11.8. The van der Waals surface area contributed by atoms with Gasteiger partial charge < -0.3 is 9.84 Å². The third kappa shape index (κ3) is 10.4. The van der Waals surface area contributed by atoms with E-state index >= 15 is 0 Å². The van der Waals surface area contributed by atoms with Crippen LogP contribution >= 0.6 is 0 Å². The van der Waals surface area contributed by atoms with E-state index in [4.69, 9.17) is 9.84 Å². The number of esters is 1. The molecule has 0 spiro atoms. The van der Waals surface area contributed by atoms with Crippen molar-refractivity contribution in [2.75, 3.05) is 0 Å². The van der Waals surface area contributed by atoms with Crippen LogP contribution in [0.3, 0.4) is 0 Å². The molecule has 0 heterocycles. The van der Waals surface area contributed by atoms with Crippen LogP contribution in [0.2, 0.25) is 0 Å². The standard InChI is InChI=1S/C18H32O4/c1-4-7-9-10-12-16(15(6-3)11-8-5-2)22-18(21)14-13-17(19)20/h13-16H,4-12H2,1-3H3,(H,19,20). The molecule has 2 atom stereocenters. The minimum atomic E-state index is -1.13. The zero-order chi connectivity index (χ0) is 16.8. The van der Waals surface area contributed by atoms with Gasteiger partial charge in [-0.1, -0.05) is 52.9 Å². The zero-order valence-corrected chi connectivity index (χ0v) is 14.3. The summed E-state index contributed by atoms with van der Waals surface area (Å²) in [6, 6.07) is 0. The van der Waals surface area contributed by atoms with E-state index in [1.807, 2.05) is 0 Å². The van der Waals surface area contributed by atoms with Gasteiger partial charge in [-0.15, -0.1) is 0 Å². The molecule has 128 valence electrons. The van der Waals surface area contributed by atoms with Crippen molar-refractivity contribution in [3.8, 4) is 0 Å². The number of carbonyl (C=O) groups excluding carboxylic acids is 1. The van der Waals surface area contributed by atoms with Crippen molar-refractivity contribution in [3.05, 3.63) is 12.2 Å². The Morgan fingerprint density at radius 2 is 1.64 bits per heavy atom. The Kier molecular flexibility index (Phi) is 12.5. The van der Waals surface area contributed by atoms with Crippen LogP contribution in [-0.2, 0) is 14.3 Å². The molecule has 0 saturated carbocycles. The highest BCUT2D eigenvalue weighted by molar-refractivity contribution is 5.90. The van der Waals surface area contributed by atoms with E-state index in [2.05, 4.69) is 20.8 Å². The van der Waals surface area contributed by atoms with Crippen LogP contribution in [0.15, 0.2) is 12.2 Å². The van der Waals surface area contributed by atoms with Crippen molar-refractivity contribution in [3.63, 3.8) is 0 Å². The van der Waals surface area contributed by atoms with Crippen LogP contribution in [0.1, 0.15) is 78.6 Å². The van der Waals surface area contributed by atoms with Crippen molar-refractivity contribution in [1.82, 2.24) is 0 Å². The van der Waals surface area contributed by atoms with Gasteiger partial charge in [-0.25, -0.2) is 9.59 Å². The van der Waals surface area contributed by atoms with E-state index in [1.165, 1.54) is 12.8 Å². The fourth-order valence-corrected chi connectivity index (χ4v) is 2.61. The molecule has 0 amide bonds. The van der Waals surface area contributed by atoms with E-state index in [9.17, 15) is 9.59 Å². The molecule has 0 aliphatic carbocycles. The number of carboxylic acid groups (broad SMARTS) is 1. The van der Waals surface area contributed by atoms with Gasteiger partial charge in [0.05, 0.1) is 0 Å². The molecule has 0 saturated heterocycles. The first kappa shape index (κ1) is 20.7. The van der Waals surface area contributed by atoms with E-state index in [0.717, 1.165) is 57.1 Å². The Bertz CT molecular complexity index is 336. The molecule has 2 unspecified atom stereocenters. The van der Waals surface area contributed by atoms with Crippen molar-refractivity contribution < 1.29 is 19.4 Å². The smallest absolute Gasteiger partial charge is 0.331 e. The van der Waals surface area contributed by atoms with E-state index in [1.54, 1.807) is 0 Å². The van der Waals surface area contributed by atoms with E-state index in [0.29, 0.717) is 5.92 Å². The van der Waals surface area contributed by atoms with Crippen LogP contribution in [0, 0.1) is 5.92 Å². The third-order valence-electron chi connectivity index (χ3n) is 3.95. The topological polar surface area (TPSA) is 63.6 Å². The number of carbonyl (C=O) groups is 2. The minimum absolute atomic E-state index is 0.0978. The Labute approximate surface area is 134 Å². The first-order chi connectivity index (χ1) is 10.5. The van der Waals surface area contributed by atoms with Gasteiger partial charge in [0.2, 0.25) is 0 Å². The molecule has 0 radical (unpaired) electrons. The summed E-state index contributed by atoms with van der Waals surface area (Å²) in [5.41, 5.74) is 0. The normalized spacial score (nSPS) is 14.0. The van der Waals surface area contributed by atoms with Gasteiger partial charge in [0, 0.05) is 12.2 Å². The molecule has 22 heavy (non-hydrogen) atoms. The first-order valence-electron chi connectivity index (χ1n) is 8.66. The highest BCUT2D eigenvalue weighted by Gasteiger charge is 2.22. The van der Waals surface area contributed by atoms with Crippen LogP contribution in [0.4, 0.5) is 0 Å². The quantitative estimate of drug-likeness (QED) is 0.303. The number of ether oxygens (including phenoxy) is 1. The second-order valence-corrected chi connectivity index (χ2v) is 5.81. The highest BCUT2D eigenvalue weighted by atomic mass is 16.5. The summed E-state index contributed by atoms with van der Waals surface area (Å²) in [4.78, 5) is 22.2. The SMILES string of the molecule is CCCCCCC(OC(=O)C=CC(=O)O)C(CC)CCCC. The van der Waals surface area contributed by atoms with Gasteiger partial charge in [0.1, 0.15) is 6.10 Å². The lowest BCUT2D eigenvalue weighted by Crippen LogP contribution is -2.26. The monoisotopic (exact) mass is 312 g/mol. The maximum atomic E-state index is 11.8. The molecular formula is C18H32O4. The van der Waals surface area contributed by atoms with Crippen molar-refractivity contribution in [1.29, 1.82) is 0 Å². The zero-order valence-electron chi connectivity index (χ0n) is 14.3. The highest BCUT2D eigenvalue weighted by Crippen LogP contribution is 2.24. The van der Waals surface area contributed by atoms with Crippen molar-refractivity contribution in [2.24, 2.45) is 5.92 Å². The van der Waals surface area contributed by atoms with Gasteiger partial charge in [-0.3, -0.25) is 0 Å². The number of carboxylic acids is 1. The molecule has 1 N–H and O–H groups in total. The molecule has 0 aromatic heterocycles. The van der Waals surface area contributed by atoms with E-state index in [-0.39, 0.29) is 6.10 Å². The lowest BCUT2D eigenvalue weighted by atomic mass is 9.90. The fourth-order valence-electron chi connectivity index (χ4n) is 2.61. The lowest BCUT2D eigenvalue weighted by Gasteiger charge is -2.26. The molecule has 0 aromatic rings. The Hall–Kier alpha value is -1.32. The van der Waals surface area contributed by atoms with Crippen molar-refractivity contribution >= 4 is 11.9 Å². The predicted octanol–water partition coefficient (Wildman–Crippen LogP) is 4.73. The van der Waals surface area contributed by atoms with Gasteiger partial charge in [-0.05, 0) is 31.6 Å². The Balaban J connectivity index is 4.60. The predicted molar refractivity (Wildman–Crippen MR) is 88.7 cm³/mol. The molecule has 0 aliphatic rings. The molecule has 4 nitrogen and oxygen atoms in total. The van der Waals surface area contributed by atoms with Crippen LogP contribution in [-0.4, -0.2) is 23.1 Å². The molecule has 0 aliphatic heterocycles. The number of rotatable bonds is 13. The average molecular weight is 312 g/mol. The lowest BCUT2D eigenvalue weighted by molar-refractivity contribution is -0.147. The van der Waals surface area contributed by atoms with Crippen LogP contribution < -0.4 is 0 Å². The first-order valence-corrected chi connectivity index (χ1v) is 8.66. The molecule has 0 aromatic carbocycles. The number of unbranched alkanes of at least 4 members (excludes halogenated alkanes) is 4. The minimum Gasteiger partial charge on any atom is -0.478 e. The summed E-state index contributed by atoms with van der Waals surface area (Å²) >= 11 is 0. The summed E-state index contributed by atoms with van der Waals surface area (Å²) in [7, 11) is 0. The summed E-state index contributed by atoms with van der Waals surface area (Å²) in [6.45, 7) is 6.45. The maximum Gasteiger partial charge on any atom is 0.331 e. The molecule has 0 rings (SSSR count). The number of hydrogen-bond acceptors (Lipinski definition) is 3. The van der Waals surface area contributed by atoms with Crippen LogP contribution in [0.5, 0.6) is 0 Å². The van der Waals surface area contributed by atoms with E-state index < -0.39 is 11.9 Å². The van der Waals surface area contributed by atoms with Gasteiger partial charge in [0.15, 0.2) is 0 Å². The average Bonchev–Trinajstić information content (AvgIpc) is 2.49. The third-order valence-corrected chi connectivity index (χ3v) is 3.95. The summed E-state index contributed by atoms with van der Waals surface area (Å²) in [5.74, 6) is -1.31. The number of hydrogen-bond donors (Lipinski definition) is 1. The second kappa shape index (κ2) is 13.4. The molecule has 0 bridgehead atoms.